The molecule has 2 aromatic rings. The van der Waals surface area contributed by atoms with Crippen molar-refractivity contribution in [3.05, 3.63) is 30.3 Å². The molecule has 0 aliphatic heterocycles. The van der Waals surface area contributed by atoms with Crippen molar-refractivity contribution in [2.24, 2.45) is 0 Å². The number of hydrogen-bond donors (Lipinski definition) is 1. The van der Waals surface area contributed by atoms with Gasteiger partial charge >= 0.3 is 103 Å². The molecule has 0 heterocycles. The molecule has 0 spiro atoms. The molecule has 2 rings (SSSR count). The van der Waals surface area contributed by atoms with Gasteiger partial charge in [0.2, 0.25) is 0 Å². The zero-order chi connectivity index (χ0) is 14.4. The van der Waals surface area contributed by atoms with Crippen LogP contribution in [0.2, 0.25) is 0 Å². The molecule has 0 unspecified atom stereocenters. The Morgan fingerprint density at radius 1 is 0.857 bits per heavy atom. The molecule has 0 radical (unpaired) electrons. The summed E-state index contributed by atoms with van der Waals surface area (Å²) in [4.78, 5) is -1.39. The van der Waals surface area contributed by atoms with Crippen molar-refractivity contribution in [1.29, 1.82) is 0 Å². The van der Waals surface area contributed by atoms with E-state index in [0.29, 0.717) is 6.07 Å². The topological polar surface area (TPSA) is 140 Å². The third kappa shape index (κ3) is 5.03. The van der Waals surface area contributed by atoms with Crippen LogP contribution in [-0.2, 0) is 20.2 Å². The fourth-order valence-electron chi connectivity index (χ4n) is 1.82. The minimum Gasteiger partial charge on any atom is -0.744 e. The molecule has 0 aromatic heterocycles. The van der Waals surface area contributed by atoms with Crippen LogP contribution in [0.5, 0.6) is 0 Å². The van der Waals surface area contributed by atoms with Gasteiger partial charge in [-0.15, -0.1) is 0 Å². The van der Waals surface area contributed by atoms with Gasteiger partial charge in [-0.1, -0.05) is 24.3 Å². The summed E-state index contributed by atoms with van der Waals surface area (Å²) in [6.45, 7) is 0. The summed E-state index contributed by atoms with van der Waals surface area (Å²) >= 11 is 0. The second kappa shape index (κ2) is 8.11. The summed E-state index contributed by atoms with van der Waals surface area (Å²) in [7, 11) is -9.74. The molecule has 0 atom stereocenters. The number of hydrogen-bond acceptors (Lipinski definition) is 7. The van der Waals surface area contributed by atoms with Crippen LogP contribution < -0.4 is 109 Å². The standard InChI is InChI=1S/C10H9NO6S2.2K/c11-8-5-9(18(12,13)14)6-3-1-2-4-7(6)10(8)19(15,16)17;;/h1-5H,11H2,(H,12,13,14)(H,15,16,17);;/q;2*+1/p-2. The Balaban J connectivity index is 0.00000200. The molecular formula is C10H7K2NO6S2. The van der Waals surface area contributed by atoms with Crippen LogP contribution in [0.25, 0.3) is 10.8 Å². The molecule has 7 nitrogen and oxygen atoms in total. The first-order chi connectivity index (χ1) is 8.62. The quantitative estimate of drug-likeness (QED) is 0.311. The van der Waals surface area contributed by atoms with E-state index in [0.717, 1.165) is 0 Å². The summed E-state index contributed by atoms with van der Waals surface area (Å²) in [6.07, 6.45) is 0. The largest absolute Gasteiger partial charge is 1.00 e. The Morgan fingerprint density at radius 2 is 1.33 bits per heavy atom. The maximum absolute atomic E-state index is 11.2. The van der Waals surface area contributed by atoms with Gasteiger partial charge in [0.15, 0.2) is 0 Å². The SMILES string of the molecule is Nc1cc(S(=O)(=O)[O-])c2ccccc2c1S(=O)(=O)[O-].[K+].[K+]. The summed E-state index contributed by atoms with van der Waals surface area (Å²) < 4.78 is 66.9. The van der Waals surface area contributed by atoms with E-state index in [9.17, 15) is 25.9 Å². The minimum atomic E-state index is -4.89. The molecule has 0 fully saturated rings. The first-order valence-corrected chi connectivity index (χ1v) is 7.67. The summed E-state index contributed by atoms with van der Waals surface area (Å²) in [6, 6.07) is 5.95. The van der Waals surface area contributed by atoms with Crippen LogP contribution in [0.3, 0.4) is 0 Å². The summed E-state index contributed by atoms with van der Waals surface area (Å²) in [5.41, 5.74) is 4.82. The van der Waals surface area contributed by atoms with E-state index >= 15 is 0 Å². The maximum Gasteiger partial charge on any atom is 1.00 e. The van der Waals surface area contributed by atoms with Gasteiger partial charge in [0.1, 0.15) is 20.2 Å². The van der Waals surface area contributed by atoms with Crippen molar-refractivity contribution in [2.45, 2.75) is 9.79 Å². The molecule has 2 aromatic carbocycles. The average molecular weight is 379 g/mol. The third-order valence-corrected chi connectivity index (χ3v) is 4.34. The van der Waals surface area contributed by atoms with Crippen molar-refractivity contribution in [2.75, 3.05) is 5.73 Å². The average Bonchev–Trinajstić information content (AvgIpc) is 2.24. The molecule has 0 saturated heterocycles. The van der Waals surface area contributed by atoms with Crippen LogP contribution in [-0.4, -0.2) is 25.9 Å². The van der Waals surface area contributed by atoms with Gasteiger partial charge in [0, 0.05) is 10.8 Å². The number of benzene rings is 2. The molecule has 0 aliphatic carbocycles. The minimum absolute atomic E-state index is 0. The molecule has 102 valence electrons. The zero-order valence-corrected chi connectivity index (χ0v) is 19.1. The Labute approximate surface area is 207 Å². The maximum atomic E-state index is 11.2. The van der Waals surface area contributed by atoms with Gasteiger partial charge in [-0.2, -0.15) is 0 Å². The van der Waals surface area contributed by atoms with Crippen molar-refractivity contribution >= 4 is 36.7 Å². The van der Waals surface area contributed by atoms with Crippen molar-refractivity contribution in [3.8, 4) is 0 Å². The molecule has 11 heteroatoms. The van der Waals surface area contributed by atoms with E-state index in [1.165, 1.54) is 24.3 Å². The summed E-state index contributed by atoms with van der Waals surface area (Å²) in [5, 5.41) is -0.340. The molecule has 0 saturated carbocycles. The van der Waals surface area contributed by atoms with E-state index in [-0.39, 0.29) is 114 Å². The molecule has 0 bridgehead atoms. The second-order valence-corrected chi connectivity index (χ2v) is 6.41. The van der Waals surface area contributed by atoms with E-state index < -0.39 is 35.7 Å². The molecular weight excluding hydrogens is 372 g/mol. The monoisotopic (exact) mass is 379 g/mol. The summed E-state index contributed by atoms with van der Waals surface area (Å²) in [5.74, 6) is 0. The molecule has 0 aliphatic rings. The first-order valence-electron chi connectivity index (χ1n) is 4.85. The number of nitrogen functional groups attached to an aromatic ring is 1. The third-order valence-electron chi connectivity index (χ3n) is 2.51. The van der Waals surface area contributed by atoms with Crippen LogP contribution in [0, 0.1) is 0 Å². The molecule has 0 amide bonds. The first kappa shape index (κ1) is 22.6. The van der Waals surface area contributed by atoms with Crippen LogP contribution >= 0.6 is 0 Å². The molecule has 21 heavy (non-hydrogen) atoms. The van der Waals surface area contributed by atoms with Crippen LogP contribution in [0.4, 0.5) is 5.69 Å². The number of anilines is 1. The normalized spacial score (nSPS) is 11.5. The van der Waals surface area contributed by atoms with Crippen molar-refractivity contribution < 1.29 is 129 Å². The van der Waals surface area contributed by atoms with E-state index in [4.69, 9.17) is 5.73 Å². The zero-order valence-electron chi connectivity index (χ0n) is 11.2. The van der Waals surface area contributed by atoms with Gasteiger partial charge in [0.05, 0.1) is 15.5 Å². The Kier molecular flexibility index (Phi) is 8.73. The molecule has 2 N–H and O–H groups in total. The van der Waals surface area contributed by atoms with Gasteiger partial charge in [-0.25, -0.2) is 16.8 Å². The van der Waals surface area contributed by atoms with Crippen LogP contribution in [0.1, 0.15) is 0 Å². The van der Waals surface area contributed by atoms with Gasteiger partial charge in [-0.3, -0.25) is 0 Å². The Bertz CT molecular complexity index is 880. The number of rotatable bonds is 2. The smallest absolute Gasteiger partial charge is 0.744 e. The fourth-order valence-corrected chi connectivity index (χ4v) is 3.34. The van der Waals surface area contributed by atoms with Gasteiger partial charge in [0.25, 0.3) is 0 Å². The van der Waals surface area contributed by atoms with Gasteiger partial charge < -0.3 is 14.8 Å². The predicted molar refractivity (Wildman–Crippen MR) is 64.3 cm³/mol. The fraction of sp³-hybridized carbons (Fsp3) is 0. The number of nitrogens with two attached hydrogens (primary N) is 1. The van der Waals surface area contributed by atoms with Gasteiger partial charge in [-0.05, 0) is 6.07 Å². The van der Waals surface area contributed by atoms with Crippen molar-refractivity contribution in [3.63, 3.8) is 0 Å². The van der Waals surface area contributed by atoms with E-state index in [2.05, 4.69) is 0 Å². The Hall–Kier alpha value is 1.59. The van der Waals surface area contributed by atoms with E-state index in [1.54, 1.807) is 0 Å². The van der Waals surface area contributed by atoms with E-state index in [1.807, 2.05) is 0 Å². The van der Waals surface area contributed by atoms with Crippen molar-refractivity contribution in [1.82, 2.24) is 0 Å². The predicted octanol–water partition coefficient (Wildman–Crippen LogP) is -5.76. The van der Waals surface area contributed by atoms with Crippen LogP contribution in [0.15, 0.2) is 40.1 Å². The Morgan fingerprint density at radius 3 is 1.76 bits per heavy atom. The number of fused-ring (bicyclic) bond motifs is 1. The second-order valence-electron chi connectivity index (χ2n) is 3.75.